The van der Waals surface area contributed by atoms with Gasteiger partial charge in [0.1, 0.15) is 0 Å². The molecular formula is C16H20ClN5OS. The summed E-state index contributed by atoms with van der Waals surface area (Å²) in [5.41, 5.74) is 1.01. The van der Waals surface area contributed by atoms with E-state index in [1.165, 1.54) is 24.6 Å². The number of hydrogen-bond acceptors (Lipinski definition) is 5. The number of halogens is 1. The molecule has 1 aromatic carbocycles. The van der Waals surface area contributed by atoms with E-state index in [2.05, 4.69) is 15.5 Å². The summed E-state index contributed by atoms with van der Waals surface area (Å²) in [5, 5.41) is 13.3. The van der Waals surface area contributed by atoms with Crippen LogP contribution in [0.3, 0.4) is 0 Å². The number of amides is 1. The van der Waals surface area contributed by atoms with Gasteiger partial charge in [-0.3, -0.25) is 4.79 Å². The van der Waals surface area contributed by atoms with E-state index in [4.69, 9.17) is 11.6 Å². The van der Waals surface area contributed by atoms with Crippen LogP contribution in [0, 0.1) is 0 Å². The summed E-state index contributed by atoms with van der Waals surface area (Å²) in [4.78, 5) is 14.1. The van der Waals surface area contributed by atoms with Crippen LogP contribution >= 0.6 is 23.4 Å². The van der Waals surface area contributed by atoms with E-state index in [0.717, 1.165) is 23.6 Å². The lowest BCUT2D eigenvalue weighted by molar-refractivity contribution is -0.127. The molecule has 1 amide bonds. The Hall–Kier alpha value is -1.60. The van der Waals surface area contributed by atoms with Gasteiger partial charge in [0, 0.05) is 18.6 Å². The average Bonchev–Trinajstić information content (AvgIpc) is 3.23. The van der Waals surface area contributed by atoms with Gasteiger partial charge in [-0.15, -0.1) is 5.10 Å². The maximum absolute atomic E-state index is 12.4. The van der Waals surface area contributed by atoms with Crippen molar-refractivity contribution in [3.63, 3.8) is 0 Å². The van der Waals surface area contributed by atoms with E-state index in [9.17, 15) is 4.79 Å². The standard InChI is InChI=1S/C16H20ClN5OS/c1-21(10-12-5-4-6-13(17)9-12)15(23)11-24-16-18-19-20-22(16)14-7-2-3-8-14/h4-6,9,14H,2-3,7-8,10-11H2,1H3. The van der Waals surface area contributed by atoms with Gasteiger partial charge < -0.3 is 4.90 Å². The van der Waals surface area contributed by atoms with Crippen molar-refractivity contribution in [1.29, 1.82) is 0 Å². The second kappa shape index (κ2) is 7.98. The average molecular weight is 366 g/mol. The molecule has 8 heteroatoms. The largest absolute Gasteiger partial charge is 0.341 e. The van der Waals surface area contributed by atoms with Crippen molar-refractivity contribution in [1.82, 2.24) is 25.1 Å². The van der Waals surface area contributed by atoms with Gasteiger partial charge in [0.2, 0.25) is 11.1 Å². The van der Waals surface area contributed by atoms with Crippen LogP contribution in [0.4, 0.5) is 0 Å². The van der Waals surface area contributed by atoms with Crippen molar-refractivity contribution in [3.05, 3.63) is 34.9 Å². The predicted molar refractivity (Wildman–Crippen MR) is 94.0 cm³/mol. The minimum absolute atomic E-state index is 0.0425. The van der Waals surface area contributed by atoms with Crippen LogP contribution in [-0.2, 0) is 11.3 Å². The fourth-order valence-corrected chi connectivity index (χ4v) is 3.99. The number of hydrogen-bond donors (Lipinski definition) is 0. The first-order valence-corrected chi connectivity index (χ1v) is 9.39. The third kappa shape index (κ3) is 4.27. The zero-order valence-corrected chi connectivity index (χ0v) is 15.1. The molecule has 6 nitrogen and oxygen atoms in total. The molecule has 1 saturated carbocycles. The molecule has 0 radical (unpaired) electrons. The van der Waals surface area contributed by atoms with Crippen LogP contribution in [0.15, 0.2) is 29.4 Å². The fraction of sp³-hybridized carbons (Fsp3) is 0.500. The topological polar surface area (TPSA) is 63.9 Å². The highest BCUT2D eigenvalue weighted by atomic mass is 35.5. The minimum atomic E-state index is 0.0425. The van der Waals surface area contributed by atoms with Crippen LogP contribution < -0.4 is 0 Å². The molecule has 2 aromatic rings. The van der Waals surface area contributed by atoms with Crippen molar-refractivity contribution in [2.24, 2.45) is 0 Å². The predicted octanol–water partition coefficient (Wildman–Crippen LogP) is 3.19. The maximum Gasteiger partial charge on any atom is 0.233 e. The fourth-order valence-electron chi connectivity index (χ4n) is 2.89. The van der Waals surface area contributed by atoms with Crippen molar-refractivity contribution in [2.75, 3.05) is 12.8 Å². The molecule has 0 aliphatic heterocycles. The van der Waals surface area contributed by atoms with Gasteiger partial charge in [-0.05, 0) is 41.0 Å². The number of tetrazole rings is 1. The van der Waals surface area contributed by atoms with E-state index in [0.29, 0.717) is 23.4 Å². The van der Waals surface area contributed by atoms with Gasteiger partial charge in [0.25, 0.3) is 0 Å². The van der Waals surface area contributed by atoms with E-state index < -0.39 is 0 Å². The first kappa shape index (κ1) is 17.2. The first-order valence-electron chi connectivity index (χ1n) is 8.02. The Morgan fingerprint density at radius 3 is 2.96 bits per heavy atom. The Morgan fingerprint density at radius 2 is 2.21 bits per heavy atom. The van der Waals surface area contributed by atoms with E-state index in [-0.39, 0.29) is 5.91 Å². The van der Waals surface area contributed by atoms with Crippen LogP contribution in [0.2, 0.25) is 5.02 Å². The van der Waals surface area contributed by atoms with Crippen molar-refractivity contribution in [2.45, 2.75) is 43.4 Å². The molecular weight excluding hydrogens is 346 g/mol. The summed E-state index contributed by atoms with van der Waals surface area (Å²) < 4.78 is 1.88. The summed E-state index contributed by atoms with van der Waals surface area (Å²) in [5.74, 6) is 0.366. The Morgan fingerprint density at radius 1 is 1.42 bits per heavy atom. The third-order valence-electron chi connectivity index (χ3n) is 4.19. The normalized spacial score (nSPS) is 14.9. The molecule has 1 heterocycles. The van der Waals surface area contributed by atoms with Gasteiger partial charge in [-0.1, -0.05) is 48.3 Å². The summed E-state index contributed by atoms with van der Waals surface area (Å²) in [6.45, 7) is 0.535. The summed E-state index contributed by atoms with van der Waals surface area (Å²) in [6, 6.07) is 7.93. The smallest absolute Gasteiger partial charge is 0.233 e. The van der Waals surface area contributed by atoms with Crippen molar-refractivity contribution < 1.29 is 4.79 Å². The lowest BCUT2D eigenvalue weighted by atomic mass is 10.2. The number of aromatic nitrogens is 4. The molecule has 24 heavy (non-hydrogen) atoms. The molecule has 3 rings (SSSR count). The maximum atomic E-state index is 12.4. The van der Waals surface area contributed by atoms with Crippen LogP contribution in [0.1, 0.15) is 37.3 Å². The number of carbonyl (C=O) groups is 1. The quantitative estimate of drug-likeness (QED) is 0.735. The van der Waals surface area contributed by atoms with Gasteiger partial charge in [0.15, 0.2) is 0 Å². The molecule has 128 valence electrons. The molecule has 1 aromatic heterocycles. The van der Waals surface area contributed by atoms with E-state index in [1.54, 1.807) is 11.9 Å². The van der Waals surface area contributed by atoms with E-state index >= 15 is 0 Å². The number of nitrogens with zero attached hydrogens (tertiary/aromatic N) is 5. The number of thioether (sulfide) groups is 1. The van der Waals surface area contributed by atoms with Crippen LogP contribution in [-0.4, -0.2) is 43.8 Å². The molecule has 1 aliphatic carbocycles. The van der Waals surface area contributed by atoms with Crippen molar-refractivity contribution >= 4 is 29.3 Å². The zero-order valence-electron chi connectivity index (χ0n) is 13.6. The molecule has 0 N–H and O–H groups in total. The van der Waals surface area contributed by atoms with Crippen LogP contribution in [0.25, 0.3) is 0 Å². The minimum Gasteiger partial charge on any atom is -0.341 e. The molecule has 0 unspecified atom stereocenters. The Kier molecular flexibility index (Phi) is 5.73. The second-order valence-corrected chi connectivity index (χ2v) is 7.39. The highest BCUT2D eigenvalue weighted by molar-refractivity contribution is 7.99. The van der Waals surface area contributed by atoms with E-state index in [1.807, 2.05) is 28.9 Å². The van der Waals surface area contributed by atoms with Gasteiger partial charge in [-0.2, -0.15) is 0 Å². The molecule has 0 bridgehead atoms. The molecule has 0 saturated heterocycles. The Labute approximate surface area is 150 Å². The summed E-state index contributed by atoms with van der Waals surface area (Å²) in [7, 11) is 1.80. The lowest BCUT2D eigenvalue weighted by Crippen LogP contribution is -2.28. The highest BCUT2D eigenvalue weighted by Gasteiger charge is 2.22. The monoisotopic (exact) mass is 365 g/mol. The zero-order chi connectivity index (χ0) is 16.9. The Bertz CT molecular complexity index is 701. The summed E-state index contributed by atoms with van der Waals surface area (Å²) >= 11 is 7.38. The number of benzene rings is 1. The molecule has 0 atom stereocenters. The molecule has 1 fully saturated rings. The first-order chi connectivity index (χ1) is 11.6. The SMILES string of the molecule is CN(Cc1cccc(Cl)c1)C(=O)CSc1nnnn1C1CCCC1. The van der Waals surface area contributed by atoms with Gasteiger partial charge in [0.05, 0.1) is 11.8 Å². The van der Waals surface area contributed by atoms with Crippen molar-refractivity contribution in [3.8, 4) is 0 Å². The molecule has 0 spiro atoms. The molecule has 1 aliphatic rings. The van der Waals surface area contributed by atoms with Crippen LogP contribution in [0.5, 0.6) is 0 Å². The lowest BCUT2D eigenvalue weighted by Gasteiger charge is -2.17. The van der Waals surface area contributed by atoms with Gasteiger partial charge >= 0.3 is 0 Å². The highest BCUT2D eigenvalue weighted by Crippen LogP contribution is 2.31. The summed E-state index contributed by atoms with van der Waals surface area (Å²) in [6.07, 6.45) is 4.66. The van der Waals surface area contributed by atoms with Gasteiger partial charge in [-0.25, -0.2) is 4.68 Å². The third-order valence-corrected chi connectivity index (χ3v) is 5.35. The Balaban J connectivity index is 1.54. The number of carbonyl (C=O) groups excluding carboxylic acids is 1. The number of rotatable bonds is 6. The second-order valence-electron chi connectivity index (χ2n) is 6.01.